The molecule has 6 aliphatic heterocycles. The Morgan fingerprint density at radius 1 is 0.400 bits per heavy atom. The summed E-state index contributed by atoms with van der Waals surface area (Å²) in [5, 5.41) is 17.3. The van der Waals surface area contributed by atoms with E-state index < -0.39 is 27.7 Å². The predicted octanol–water partition coefficient (Wildman–Crippen LogP) is 18.6. The number of guanidine groups is 5. The number of nitrogens with two attached hydrogens (primary N) is 5. The first kappa shape index (κ1) is 113. The van der Waals surface area contributed by atoms with E-state index in [1.807, 2.05) is 90.8 Å². The number of pyridine rings is 1. The van der Waals surface area contributed by atoms with Crippen LogP contribution in [0.2, 0.25) is 5.02 Å². The molecule has 14 aliphatic rings. The molecule has 8 amide bonds. The number of hydrogen-bond donors (Lipinski definition) is 10. The average Bonchev–Trinajstić information content (AvgIpc) is 1.65. The quantitative estimate of drug-likeness (QED) is 0.0186. The fraction of sp³-hybridized carbons (Fsp3) is 0.681. The second-order valence-corrected chi connectivity index (χ2v) is 47.2. The van der Waals surface area contributed by atoms with Gasteiger partial charge in [0.1, 0.15) is 33.8 Å². The molecule has 19 rings (SSSR count). The van der Waals surface area contributed by atoms with Crippen LogP contribution in [0.15, 0.2) is 135 Å². The fourth-order valence-corrected chi connectivity index (χ4v) is 27.4. The number of amides is 8. The van der Waals surface area contributed by atoms with Crippen LogP contribution in [0.4, 0.5) is 22.4 Å². The summed E-state index contributed by atoms with van der Waals surface area (Å²) in [5.74, 6) is 9.42. The zero-order valence-corrected chi connectivity index (χ0v) is 91.6. The van der Waals surface area contributed by atoms with Crippen LogP contribution in [0.3, 0.4) is 0 Å². The first-order valence-corrected chi connectivity index (χ1v) is 57.9. The van der Waals surface area contributed by atoms with Crippen molar-refractivity contribution in [2.24, 2.45) is 107 Å². The van der Waals surface area contributed by atoms with Crippen molar-refractivity contribution in [2.45, 2.75) is 394 Å². The molecule has 150 heavy (non-hydrogen) atoms. The third kappa shape index (κ3) is 29.9. The Hall–Kier alpha value is -11.1. The van der Waals surface area contributed by atoms with Crippen molar-refractivity contribution < 1.29 is 33.6 Å². The molecular weight excluding hydrogens is 1900 g/mol. The second-order valence-electron chi connectivity index (χ2n) is 46.7. The smallest absolute Gasteiger partial charge is 0.315 e. The van der Waals surface area contributed by atoms with E-state index in [0.717, 1.165) is 239 Å². The molecule has 9 fully saturated rings. The van der Waals surface area contributed by atoms with E-state index in [2.05, 4.69) is 56.5 Å². The zero-order chi connectivity index (χ0) is 106. The Bertz CT molecular complexity index is 5120. The van der Waals surface area contributed by atoms with Gasteiger partial charge in [0.2, 0.25) is 11.9 Å². The lowest BCUT2D eigenvalue weighted by molar-refractivity contribution is -0.132. The van der Waals surface area contributed by atoms with Gasteiger partial charge in [0.05, 0.1) is 6.20 Å². The highest BCUT2D eigenvalue weighted by molar-refractivity contribution is 6.30. The number of urea groups is 1. The number of carbonyl (C=O) groups is 7. The molecular formula is C116H175ClN26O7. The lowest BCUT2D eigenvalue weighted by Crippen LogP contribution is -2.47. The number of nitrogens with zero attached hydrogens (tertiary/aromatic N) is 16. The van der Waals surface area contributed by atoms with Gasteiger partial charge in [0, 0.05) is 121 Å². The molecule has 5 aromatic rings. The minimum atomic E-state index is -1.07. The topological polar surface area (TPSA) is 455 Å². The Labute approximate surface area is 896 Å². The number of likely N-dealkylation sites (N-methyl/N-ethyl adjacent to an activating group) is 4. The van der Waals surface area contributed by atoms with E-state index in [4.69, 9.17) is 60.2 Å². The Balaban J connectivity index is 0.000000140. The van der Waals surface area contributed by atoms with Crippen LogP contribution in [0.1, 0.15) is 347 Å². The fourth-order valence-electron chi connectivity index (χ4n) is 27.2. The van der Waals surface area contributed by atoms with Crippen molar-refractivity contribution >= 4 is 100 Å². The molecule has 0 bridgehead atoms. The Morgan fingerprint density at radius 2 is 0.800 bits per heavy atom. The van der Waals surface area contributed by atoms with E-state index in [0.29, 0.717) is 102 Å². The van der Waals surface area contributed by atoms with Crippen molar-refractivity contribution in [3.05, 3.63) is 121 Å². The summed E-state index contributed by atoms with van der Waals surface area (Å²) in [5.41, 5.74) is 29.6. The molecule has 818 valence electrons. The first-order valence-electron chi connectivity index (χ1n) is 57.5. The molecule has 9 heterocycles. The van der Waals surface area contributed by atoms with Gasteiger partial charge in [0.15, 0.2) is 35.3 Å². The van der Waals surface area contributed by atoms with Crippen molar-refractivity contribution in [3.63, 3.8) is 0 Å². The van der Waals surface area contributed by atoms with Gasteiger partial charge in [-0.05, 0) is 255 Å². The standard InChI is InChI=1S/C24H37N5O.C23H25ClN4O2.2C23H36N6O.C23H41N5O2/c1-29-22(30)24(28-23(29)25,14-13-18-8-3-2-4-9-18)17-19-10-7-11-20(16-19)27-21-12-5-6-15-26-21;1-15(29)27-10-9-16(13-27)14-28-21(30)23(2,26-22(28)25)19-7-3-5-17(11-19)18-6-4-8-20(24)12-18;1-29-20(30)23(28-21(29)24,12-11-17-7-3-2-4-8-17)16-18-9-5-10-19(15-18)27-22-25-13-6-14-26-22;1-29-21(30)23(28-22(29)24,11-10-17-6-3-2-4-7-17)15-18-8-5-9-19(14-18)27-20-16-25-12-13-26-20;1-3-14-25-22(30)26-19-11-7-10-18(15-19)16-23(20(29)28(2)21(24)27-23)13-12-17-8-5-4-6-9-17/h5-6,12,15,18-20H,2-4,7-11,13-14,16-17H2,1H3,(H2,25,28)(H,26,27);3-8,11-12,16H,9-10,13-14H2,1-2H3,(H2,25,26);6,13-14,17-19H,2-5,7-12,15-16H2,1H3,(H2,24,28)(H,25,26,27);12-13,16-19H,2-11,14-15H2,1H3,(H2,24,28)(H,26,27);17-19H,3-16H2,1-2H3,(H2,24,27)(H2,25,26,30)/t19-,20+,24+;16-,23?;3*18-,19+,23+/m00000/s1. The van der Waals surface area contributed by atoms with Gasteiger partial charge in [0.25, 0.3) is 29.5 Å². The summed E-state index contributed by atoms with van der Waals surface area (Å²) in [4.78, 5) is 145. The lowest BCUT2D eigenvalue weighted by atomic mass is 9.74. The number of aromatic nitrogens is 5. The van der Waals surface area contributed by atoms with E-state index in [1.165, 1.54) is 140 Å². The molecule has 0 spiro atoms. The van der Waals surface area contributed by atoms with Gasteiger partial charge in [-0.25, -0.2) is 49.7 Å². The van der Waals surface area contributed by atoms with Crippen LogP contribution >= 0.6 is 11.6 Å². The SMILES string of the molecule is CC(=O)N1CC[C@H](CN2C(=O)C(C)(c3cccc(-c4cccc(Cl)c4)c3)N=C2N)C1.CCCNC(=O)N[C@@H]1CCC[C@H](C[C@@]2(CCC3CCCCC3)N=C(N)N(C)C2=O)C1.CN1C(=O)[C@@](CCC2CCCCC2)(C[C@H]2CCC[C@@H](Nc3ccccn3)C2)N=C1N.CN1C(=O)[C@@](CCC2CCCCC2)(C[C@H]2CCC[C@@H](Nc3cnccn3)C2)N=C1N.CN1C(=O)[C@@](CCC2CCCCC2)(C[C@H]2CCC[C@@H](Nc3ncccn3)C2)N=C1N. The van der Waals surface area contributed by atoms with Crippen LogP contribution in [-0.2, 0) is 34.3 Å². The molecule has 1 saturated heterocycles. The summed E-state index contributed by atoms with van der Waals surface area (Å²) in [7, 11) is 7.05. The van der Waals surface area contributed by atoms with Gasteiger partial charge in [-0.2, -0.15) is 0 Å². The van der Waals surface area contributed by atoms with Crippen LogP contribution in [0, 0.1) is 53.3 Å². The average molecular weight is 2080 g/mol. The van der Waals surface area contributed by atoms with E-state index in [-0.39, 0.29) is 59.4 Å². The number of nitrogens with one attached hydrogen (secondary N) is 5. The molecule has 1 unspecified atom stereocenters. The van der Waals surface area contributed by atoms with Crippen LogP contribution in [-0.4, -0.2) is 226 Å². The third-order valence-electron chi connectivity index (χ3n) is 35.6. The van der Waals surface area contributed by atoms with Crippen LogP contribution in [0.25, 0.3) is 11.1 Å². The van der Waals surface area contributed by atoms with Gasteiger partial charge in [-0.1, -0.05) is 235 Å². The molecule has 8 saturated carbocycles. The van der Waals surface area contributed by atoms with Crippen molar-refractivity contribution in [2.75, 3.05) is 70.3 Å². The lowest BCUT2D eigenvalue weighted by Gasteiger charge is -2.35. The number of likely N-dealkylation sites (tertiary alicyclic amines) is 1. The normalized spacial score (nSPS) is 29.0. The molecule has 15 N–H and O–H groups in total. The number of benzene rings is 2. The highest BCUT2D eigenvalue weighted by atomic mass is 35.5. The van der Waals surface area contributed by atoms with Crippen molar-refractivity contribution in [1.82, 2.24) is 65.0 Å². The highest BCUT2D eigenvalue weighted by Gasteiger charge is 2.54. The summed E-state index contributed by atoms with van der Waals surface area (Å²) < 4.78 is 0. The summed E-state index contributed by atoms with van der Waals surface area (Å²) >= 11 is 6.14. The van der Waals surface area contributed by atoms with Crippen molar-refractivity contribution in [1.29, 1.82) is 0 Å². The van der Waals surface area contributed by atoms with Crippen LogP contribution in [0.5, 0.6) is 0 Å². The number of rotatable bonds is 33. The molecule has 8 aliphatic carbocycles. The summed E-state index contributed by atoms with van der Waals surface area (Å²) in [6.45, 7) is 7.96. The van der Waals surface area contributed by atoms with E-state index in [1.54, 1.807) is 92.6 Å². The predicted molar refractivity (Wildman–Crippen MR) is 597 cm³/mol. The first-order chi connectivity index (χ1) is 72.4. The maximum Gasteiger partial charge on any atom is 0.315 e. The molecule has 33 nitrogen and oxygen atoms in total. The number of hydrogen-bond acceptors (Lipinski definition) is 25. The third-order valence-corrected chi connectivity index (χ3v) is 35.9. The molecule has 2 aromatic carbocycles. The van der Waals surface area contributed by atoms with Crippen LogP contribution < -0.4 is 55.3 Å². The van der Waals surface area contributed by atoms with E-state index >= 15 is 0 Å². The second kappa shape index (κ2) is 53.4. The minimum absolute atomic E-state index is 0.0616. The van der Waals surface area contributed by atoms with Gasteiger partial charge in [-0.3, -0.25) is 58.3 Å². The summed E-state index contributed by atoms with van der Waals surface area (Å²) in [6.07, 6.45) is 67.1. The molecule has 14 atom stereocenters. The Morgan fingerprint density at radius 3 is 1.19 bits per heavy atom. The number of carbonyl (C=O) groups excluding carboxylic acids is 7. The maximum atomic E-state index is 13.4. The highest BCUT2D eigenvalue weighted by Crippen LogP contribution is 2.48. The maximum absolute atomic E-state index is 13.4. The van der Waals surface area contributed by atoms with Gasteiger partial charge in [-0.15, -0.1) is 0 Å². The molecule has 3 aromatic heterocycles. The van der Waals surface area contributed by atoms with E-state index in [9.17, 15) is 33.6 Å². The molecule has 0 radical (unpaired) electrons. The Kier molecular flexibility index (Phi) is 40.2. The molecule has 34 heteroatoms. The zero-order valence-electron chi connectivity index (χ0n) is 90.9. The number of aliphatic imine (C=N–C) groups is 5. The summed E-state index contributed by atoms with van der Waals surface area (Å²) in [6, 6.07) is 24.4. The number of halogens is 1. The number of anilines is 3. The van der Waals surface area contributed by atoms with Gasteiger partial charge >= 0.3 is 6.03 Å². The largest absolute Gasteiger partial charge is 0.369 e. The monoisotopic (exact) mass is 2080 g/mol. The van der Waals surface area contributed by atoms with Gasteiger partial charge < -0.3 is 60.2 Å². The minimum Gasteiger partial charge on any atom is -0.369 e. The van der Waals surface area contributed by atoms with Crippen molar-refractivity contribution in [3.8, 4) is 11.1 Å².